The van der Waals surface area contributed by atoms with Gasteiger partial charge in [0.1, 0.15) is 5.75 Å². The van der Waals surface area contributed by atoms with Crippen molar-refractivity contribution in [2.75, 3.05) is 47.6 Å². The van der Waals surface area contributed by atoms with E-state index in [0.29, 0.717) is 24.5 Å². The minimum absolute atomic E-state index is 0.00888. The summed E-state index contributed by atoms with van der Waals surface area (Å²) in [6.07, 6.45) is 2.73. The Morgan fingerprint density at radius 1 is 1.16 bits per heavy atom. The molecule has 2 aliphatic rings. The molecular weight excluding hydrogens is 400 g/mol. The first-order chi connectivity index (χ1) is 15.0. The van der Waals surface area contributed by atoms with Crippen LogP contribution in [-0.2, 0) is 29.3 Å². The normalized spacial score (nSPS) is 24.0. The van der Waals surface area contributed by atoms with Crippen molar-refractivity contribution in [2.45, 2.75) is 43.6 Å². The maximum Gasteiger partial charge on any atom is 0.240 e. The highest BCUT2D eigenvalue weighted by atomic mass is 16.5. The van der Waals surface area contributed by atoms with Gasteiger partial charge in [0.25, 0.3) is 0 Å². The molecule has 1 aromatic rings. The molecule has 8 nitrogen and oxygen atoms in total. The van der Waals surface area contributed by atoms with Crippen molar-refractivity contribution in [1.82, 2.24) is 9.80 Å². The number of piperidine rings is 1. The number of rotatable bonds is 9. The fourth-order valence-electron chi connectivity index (χ4n) is 4.65. The molecule has 1 aromatic carbocycles. The van der Waals surface area contributed by atoms with Crippen molar-refractivity contribution in [3.8, 4) is 5.75 Å². The number of hydrogen-bond acceptors (Lipinski definition) is 6. The Kier molecular flexibility index (Phi) is 7.67. The average Bonchev–Trinajstić information content (AvgIpc) is 3.02. The van der Waals surface area contributed by atoms with Crippen LogP contribution in [0.25, 0.3) is 0 Å². The summed E-state index contributed by atoms with van der Waals surface area (Å²) in [6.45, 7) is 1.52. The predicted molar refractivity (Wildman–Crippen MR) is 114 cm³/mol. The van der Waals surface area contributed by atoms with E-state index in [4.69, 9.17) is 14.2 Å². The highest BCUT2D eigenvalue weighted by Gasteiger charge is 2.54. The van der Waals surface area contributed by atoms with Gasteiger partial charge in [0.2, 0.25) is 17.7 Å². The molecule has 31 heavy (non-hydrogen) atoms. The number of imide groups is 1. The molecule has 0 N–H and O–H groups in total. The molecular formula is C23H32N2O6. The van der Waals surface area contributed by atoms with Gasteiger partial charge in [-0.2, -0.15) is 0 Å². The van der Waals surface area contributed by atoms with Gasteiger partial charge in [-0.15, -0.1) is 0 Å². The third-order valence-corrected chi connectivity index (χ3v) is 6.31. The van der Waals surface area contributed by atoms with Crippen molar-refractivity contribution in [3.63, 3.8) is 0 Å². The van der Waals surface area contributed by atoms with E-state index in [2.05, 4.69) is 0 Å². The van der Waals surface area contributed by atoms with E-state index in [1.165, 1.54) is 12.0 Å². The molecule has 2 heterocycles. The highest BCUT2D eigenvalue weighted by molar-refractivity contribution is 6.10. The van der Waals surface area contributed by atoms with Crippen molar-refractivity contribution >= 4 is 17.7 Å². The second kappa shape index (κ2) is 10.2. The van der Waals surface area contributed by atoms with Crippen LogP contribution < -0.4 is 4.74 Å². The van der Waals surface area contributed by atoms with Crippen LogP contribution in [0.3, 0.4) is 0 Å². The van der Waals surface area contributed by atoms with E-state index >= 15 is 0 Å². The zero-order chi connectivity index (χ0) is 22.4. The molecule has 0 bridgehead atoms. The van der Waals surface area contributed by atoms with Crippen molar-refractivity contribution in [2.24, 2.45) is 0 Å². The van der Waals surface area contributed by atoms with Gasteiger partial charge in [0.15, 0.2) is 0 Å². The van der Waals surface area contributed by atoms with Gasteiger partial charge in [-0.05, 0) is 37.0 Å². The van der Waals surface area contributed by atoms with E-state index in [1.54, 1.807) is 38.5 Å². The van der Waals surface area contributed by atoms with E-state index in [1.807, 2.05) is 4.90 Å². The third kappa shape index (κ3) is 4.75. The summed E-state index contributed by atoms with van der Waals surface area (Å²) in [6, 6.07) is 7.10. The summed E-state index contributed by atoms with van der Waals surface area (Å²) in [5.41, 5.74) is -0.621. The lowest BCUT2D eigenvalue weighted by molar-refractivity contribution is -0.144. The van der Waals surface area contributed by atoms with Crippen LogP contribution in [0.5, 0.6) is 5.75 Å². The summed E-state index contributed by atoms with van der Waals surface area (Å²) in [4.78, 5) is 42.9. The second-order valence-electron chi connectivity index (χ2n) is 8.20. The quantitative estimate of drug-likeness (QED) is 0.553. The van der Waals surface area contributed by atoms with Crippen LogP contribution in [0.15, 0.2) is 24.3 Å². The molecule has 2 atom stereocenters. The maximum atomic E-state index is 13.6. The smallest absolute Gasteiger partial charge is 0.240 e. The van der Waals surface area contributed by atoms with E-state index in [-0.39, 0.29) is 49.8 Å². The lowest BCUT2D eigenvalue weighted by atomic mass is 9.75. The largest absolute Gasteiger partial charge is 0.497 e. The van der Waals surface area contributed by atoms with Crippen LogP contribution in [0, 0.1) is 0 Å². The number of ether oxygens (including phenoxy) is 3. The molecule has 8 heteroatoms. The van der Waals surface area contributed by atoms with E-state index < -0.39 is 5.41 Å². The van der Waals surface area contributed by atoms with E-state index in [0.717, 1.165) is 19.3 Å². The molecule has 2 fully saturated rings. The zero-order valence-corrected chi connectivity index (χ0v) is 18.6. The summed E-state index contributed by atoms with van der Waals surface area (Å²) >= 11 is 0. The topological polar surface area (TPSA) is 85.4 Å². The monoisotopic (exact) mass is 432 g/mol. The van der Waals surface area contributed by atoms with Crippen LogP contribution >= 0.6 is 0 Å². The molecule has 0 aromatic heterocycles. The first-order valence-corrected chi connectivity index (χ1v) is 10.7. The van der Waals surface area contributed by atoms with Crippen LogP contribution in [0.1, 0.15) is 37.7 Å². The highest BCUT2D eigenvalue weighted by Crippen LogP contribution is 2.41. The average molecular weight is 433 g/mol. The van der Waals surface area contributed by atoms with E-state index in [9.17, 15) is 14.4 Å². The molecule has 0 saturated carbocycles. The zero-order valence-electron chi connectivity index (χ0n) is 18.6. The fraction of sp³-hybridized carbons (Fsp3) is 0.609. The van der Waals surface area contributed by atoms with Crippen molar-refractivity contribution in [3.05, 3.63) is 29.8 Å². The molecule has 3 amide bonds. The SMILES string of the molecule is COCCN1C(=O)C[C@@](CC(=O)N2CCCC[C@H]2COC)(c2cccc(OC)c2)C1=O. The molecule has 0 aliphatic carbocycles. The van der Waals surface area contributed by atoms with Crippen LogP contribution in [0.2, 0.25) is 0 Å². The molecule has 170 valence electrons. The number of amides is 3. The van der Waals surface area contributed by atoms with Gasteiger partial charge in [0.05, 0.1) is 38.3 Å². The van der Waals surface area contributed by atoms with Crippen molar-refractivity contribution < 1.29 is 28.6 Å². The third-order valence-electron chi connectivity index (χ3n) is 6.31. The maximum absolute atomic E-state index is 13.6. The fourth-order valence-corrected chi connectivity index (χ4v) is 4.65. The molecule has 2 aliphatic heterocycles. The molecule has 0 radical (unpaired) electrons. The second-order valence-corrected chi connectivity index (χ2v) is 8.20. The first kappa shape index (κ1) is 23.2. The standard InChI is InChI=1S/C23H32N2O6/c1-29-12-11-25-21(27)15-23(22(25)28,17-7-6-9-19(13-17)31-3)14-20(26)24-10-5-4-8-18(24)16-30-2/h6-7,9,13,18H,4-5,8,10-12,14-16H2,1-3H3/t18-,23-/m0/s1. The van der Waals surface area contributed by atoms with Gasteiger partial charge in [-0.3, -0.25) is 19.3 Å². The molecule has 2 saturated heterocycles. The van der Waals surface area contributed by atoms with Crippen LogP contribution in [-0.4, -0.2) is 81.2 Å². The van der Waals surface area contributed by atoms with Gasteiger partial charge in [-0.1, -0.05) is 12.1 Å². The molecule has 3 rings (SSSR count). The minimum atomic E-state index is -1.24. The summed E-state index contributed by atoms with van der Waals surface area (Å²) in [5.74, 6) is -0.185. The lowest BCUT2D eigenvalue weighted by Gasteiger charge is -2.37. The summed E-state index contributed by atoms with van der Waals surface area (Å²) in [7, 11) is 4.70. The summed E-state index contributed by atoms with van der Waals surface area (Å²) < 4.78 is 15.7. The minimum Gasteiger partial charge on any atom is -0.497 e. The van der Waals surface area contributed by atoms with Gasteiger partial charge in [-0.25, -0.2) is 0 Å². The number of benzene rings is 1. The molecule has 0 unspecified atom stereocenters. The Labute approximate surface area is 183 Å². The van der Waals surface area contributed by atoms with Crippen molar-refractivity contribution in [1.29, 1.82) is 0 Å². The Balaban J connectivity index is 1.96. The van der Waals surface area contributed by atoms with Gasteiger partial charge < -0.3 is 19.1 Å². The number of hydrogen-bond donors (Lipinski definition) is 0. The van der Waals surface area contributed by atoms with Crippen LogP contribution in [0.4, 0.5) is 0 Å². The number of carbonyl (C=O) groups is 3. The number of nitrogens with zero attached hydrogens (tertiary/aromatic N) is 2. The predicted octanol–water partition coefficient (Wildman–Crippen LogP) is 1.76. The Morgan fingerprint density at radius 2 is 1.97 bits per heavy atom. The first-order valence-electron chi connectivity index (χ1n) is 10.7. The summed E-state index contributed by atoms with van der Waals surface area (Å²) in [5, 5.41) is 0. The number of carbonyl (C=O) groups excluding carboxylic acids is 3. The van der Waals surface area contributed by atoms with Gasteiger partial charge in [0, 0.05) is 33.6 Å². The lowest BCUT2D eigenvalue weighted by Crippen LogP contribution is -2.49. The number of methoxy groups -OCH3 is 3. The van der Waals surface area contributed by atoms with Gasteiger partial charge >= 0.3 is 0 Å². The Bertz CT molecular complexity index is 811. The number of likely N-dealkylation sites (tertiary alicyclic amines) is 2. The molecule has 0 spiro atoms. The Hall–Kier alpha value is -2.45. The Morgan fingerprint density at radius 3 is 2.68 bits per heavy atom.